The summed E-state index contributed by atoms with van der Waals surface area (Å²) in [5.74, 6) is 0.220. The molecular weight excluding hydrogens is 280 g/mol. The third-order valence-corrected chi connectivity index (χ3v) is 3.42. The fourth-order valence-corrected chi connectivity index (χ4v) is 2.23. The van der Waals surface area contributed by atoms with Crippen LogP contribution in [0.3, 0.4) is 0 Å². The van der Waals surface area contributed by atoms with Crippen molar-refractivity contribution in [1.29, 1.82) is 0 Å². The summed E-state index contributed by atoms with van der Waals surface area (Å²) in [6, 6.07) is 13.0. The van der Waals surface area contributed by atoms with Crippen LogP contribution in [0.4, 0.5) is 0 Å². The lowest BCUT2D eigenvalue weighted by molar-refractivity contribution is -0.145. The number of benzene rings is 2. The number of carboxylic acid groups (broad SMARTS) is 1. The van der Waals surface area contributed by atoms with Crippen molar-refractivity contribution in [3.05, 3.63) is 59.2 Å². The van der Waals surface area contributed by atoms with E-state index >= 15 is 0 Å². The van der Waals surface area contributed by atoms with Gasteiger partial charge in [0.15, 0.2) is 6.10 Å². The minimum absolute atomic E-state index is 0.244. The minimum atomic E-state index is -0.996. The van der Waals surface area contributed by atoms with Crippen molar-refractivity contribution in [1.82, 2.24) is 0 Å². The zero-order valence-corrected chi connectivity index (χ0v) is 13.0. The van der Waals surface area contributed by atoms with Crippen molar-refractivity contribution in [2.75, 3.05) is 7.11 Å². The highest BCUT2D eigenvalue weighted by molar-refractivity contribution is 5.73. The van der Waals surface area contributed by atoms with E-state index in [9.17, 15) is 9.90 Å². The van der Waals surface area contributed by atoms with Crippen LogP contribution in [0.2, 0.25) is 0 Å². The van der Waals surface area contributed by atoms with Gasteiger partial charge in [-0.15, -0.1) is 0 Å². The number of carbonyl (C=O) groups is 1. The second-order valence-electron chi connectivity index (χ2n) is 5.28. The molecule has 0 aliphatic carbocycles. The first-order valence-corrected chi connectivity index (χ1v) is 7.09. The summed E-state index contributed by atoms with van der Waals surface area (Å²) in [7, 11) is 1.57. The van der Waals surface area contributed by atoms with E-state index in [2.05, 4.69) is 0 Å². The number of carboxylic acids is 1. The van der Waals surface area contributed by atoms with Crippen molar-refractivity contribution in [3.8, 4) is 11.5 Å². The molecule has 0 bridgehead atoms. The van der Waals surface area contributed by atoms with Crippen LogP contribution < -0.4 is 9.47 Å². The summed E-state index contributed by atoms with van der Waals surface area (Å²) in [4.78, 5) is 11.5. The summed E-state index contributed by atoms with van der Waals surface area (Å²) >= 11 is 0. The van der Waals surface area contributed by atoms with E-state index < -0.39 is 12.1 Å². The van der Waals surface area contributed by atoms with Crippen molar-refractivity contribution in [2.24, 2.45) is 0 Å². The third-order valence-electron chi connectivity index (χ3n) is 3.42. The Hall–Kier alpha value is -2.49. The van der Waals surface area contributed by atoms with Crippen LogP contribution in [0.25, 0.3) is 0 Å². The molecule has 0 aliphatic rings. The van der Waals surface area contributed by atoms with Gasteiger partial charge in [-0.3, -0.25) is 0 Å². The van der Waals surface area contributed by atoms with E-state index in [1.807, 2.05) is 44.2 Å². The monoisotopic (exact) mass is 300 g/mol. The van der Waals surface area contributed by atoms with Gasteiger partial charge in [-0.25, -0.2) is 4.79 Å². The van der Waals surface area contributed by atoms with Crippen molar-refractivity contribution in [3.63, 3.8) is 0 Å². The first kappa shape index (κ1) is 15.9. The lowest BCUT2D eigenvalue weighted by Gasteiger charge is -2.17. The van der Waals surface area contributed by atoms with Crippen molar-refractivity contribution < 1.29 is 19.4 Å². The molecule has 22 heavy (non-hydrogen) atoms. The van der Waals surface area contributed by atoms with E-state index in [4.69, 9.17) is 9.47 Å². The molecule has 0 aliphatic heterocycles. The molecule has 0 unspecified atom stereocenters. The Balaban J connectivity index is 2.20. The van der Waals surface area contributed by atoms with Gasteiger partial charge in [0, 0.05) is 6.42 Å². The normalized spacial score (nSPS) is 11.8. The number of methoxy groups -OCH3 is 1. The maximum atomic E-state index is 11.5. The standard InChI is InChI=1S/C18H20O4/c1-12-4-7-15(8-5-12)22-17(18(19)20)11-14-10-13(2)6-9-16(14)21-3/h4-10,17H,11H2,1-3H3,(H,19,20)/t17-/m1/s1. The topological polar surface area (TPSA) is 55.8 Å². The maximum absolute atomic E-state index is 11.5. The number of ether oxygens (including phenoxy) is 2. The summed E-state index contributed by atoms with van der Waals surface area (Å²) in [5.41, 5.74) is 2.97. The van der Waals surface area contributed by atoms with Gasteiger partial charge in [-0.2, -0.15) is 0 Å². The van der Waals surface area contributed by atoms with E-state index in [-0.39, 0.29) is 6.42 Å². The first-order valence-electron chi connectivity index (χ1n) is 7.09. The lowest BCUT2D eigenvalue weighted by Crippen LogP contribution is -2.29. The average Bonchev–Trinajstić information content (AvgIpc) is 2.49. The average molecular weight is 300 g/mol. The molecule has 2 aromatic rings. The van der Waals surface area contributed by atoms with E-state index in [0.29, 0.717) is 11.5 Å². The van der Waals surface area contributed by atoms with Crippen LogP contribution >= 0.6 is 0 Å². The molecule has 4 nitrogen and oxygen atoms in total. The van der Waals surface area contributed by atoms with Gasteiger partial charge >= 0.3 is 5.97 Å². The van der Waals surface area contributed by atoms with Crippen LogP contribution in [0.5, 0.6) is 11.5 Å². The molecule has 0 saturated heterocycles. The molecule has 0 aromatic heterocycles. The van der Waals surface area contributed by atoms with Crippen LogP contribution in [0.15, 0.2) is 42.5 Å². The number of rotatable bonds is 6. The molecule has 0 saturated carbocycles. The molecule has 0 radical (unpaired) electrons. The van der Waals surface area contributed by atoms with Crippen LogP contribution in [0.1, 0.15) is 16.7 Å². The molecule has 0 fully saturated rings. The fourth-order valence-electron chi connectivity index (χ4n) is 2.23. The molecule has 0 amide bonds. The molecule has 0 heterocycles. The van der Waals surface area contributed by atoms with Gasteiger partial charge in [0.05, 0.1) is 7.11 Å². The Morgan fingerprint density at radius 1 is 1.09 bits per heavy atom. The zero-order valence-electron chi connectivity index (χ0n) is 13.0. The van der Waals surface area contributed by atoms with Crippen LogP contribution in [0, 0.1) is 13.8 Å². The molecule has 2 aromatic carbocycles. The second kappa shape index (κ2) is 6.98. The highest BCUT2D eigenvalue weighted by Crippen LogP contribution is 2.23. The van der Waals surface area contributed by atoms with Crippen molar-refractivity contribution >= 4 is 5.97 Å². The Morgan fingerprint density at radius 2 is 1.73 bits per heavy atom. The smallest absolute Gasteiger partial charge is 0.345 e. The van der Waals surface area contributed by atoms with Crippen LogP contribution in [-0.2, 0) is 11.2 Å². The van der Waals surface area contributed by atoms with Gasteiger partial charge in [-0.1, -0.05) is 35.4 Å². The Labute approximate surface area is 130 Å². The lowest BCUT2D eigenvalue weighted by atomic mass is 10.0. The van der Waals surface area contributed by atoms with Gasteiger partial charge in [0.1, 0.15) is 11.5 Å². The summed E-state index contributed by atoms with van der Waals surface area (Å²) < 4.78 is 10.9. The largest absolute Gasteiger partial charge is 0.496 e. The minimum Gasteiger partial charge on any atom is -0.496 e. The molecular formula is C18H20O4. The van der Waals surface area contributed by atoms with E-state index in [1.165, 1.54) is 0 Å². The summed E-state index contributed by atoms with van der Waals surface area (Å²) in [6.45, 7) is 3.93. The quantitative estimate of drug-likeness (QED) is 0.888. The van der Waals surface area contributed by atoms with Crippen LogP contribution in [-0.4, -0.2) is 24.3 Å². The number of aryl methyl sites for hydroxylation is 2. The number of hydrogen-bond donors (Lipinski definition) is 1. The van der Waals surface area contributed by atoms with Gasteiger partial charge in [0.25, 0.3) is 0 Å². The highest BCUT2D eigenvalue weighted by atomic mass is 16.5. The Kier molecular flexibility index (Phi) is 5.04. The molecule has 0 spiro atoms. The summed E-state index contributed by atoms with van der Waals surface area (Å²) in [6.07, 6.45) is -0.716. The van der Waals surface area contributed by atoms with E-state index in [0.717, 1.165) is 16.7 Å². The first-order chi connectivity index (χ1) is 10.5. The predicted molar refractivity (Wildman–Crippen MR) is 84.7 cm³/mol. The Morgan fingerprint density at radius 3 is 2.32 bits per heavy atom. The predicted octanol–water partition coefficient (Wildman–Crippen LogP) is 3.39. The van der Waals surface area contributed by atoms with Gasteiger partial charge in [-0.05, 0) is 37.6 Å². The summed E-state index contributed by atoms with van der Waals surface area (Å²) in [5, 5.41) is 9.42. The fraction of sp³-hybridized carbons (Fsp3) is 0.278. The second-order valence-corrected chi connectivity index (χ2v) is 5.28. The Bertz CT molecular complexity index is 647. The third kappa shape index (κ3) is 4.01. The molecule has 116 valence electrons. The van der Waals surface area contributed by atoms with E-state index in [1.54, 1.807) is 19.2 Å². The molecule has 2 rings (SSSR count). The van der Waals surface area contributed by atoms with Gasteiger partial charge in [0.2, 0.25) is 0 Å². The maximum Gasteiger partial charge on any atom is 0.345 e. The molecule has 1 N–H and O–H groups in total. The highest BCUT2D eigenvalue weighted by Gasteiger charge is 2.22. The number of aliphatic carboxylic acids is 1. The molecule has 1 atom stereocenters. The zero-order chi connectivity index (χ0) is 16.1. The van der Waals surface area contributed by atoms with Crippen molar-refractivity contribution in [2.45, 2.75) is 26.4 Å². The number of hydrogen-bond acceptors (Lipinski definition) is 3. The SMILES string of the molecule is COc1ccc(C)cc1C[C@@H](Oc1ccc(C)cc1)C(=O)O. The van der Waals surface area contributed by atoms with Gasteiger partial charge < -0.3 is 14.6 Å². The molecule has 4 heteroatoms.